The standard InChI is InChI=1S/C15H19FO/c1-11-6-7-14(16)10-13(11)8-12-4-2-3-5-15(17)9-12/h6-7,9-10,15,17H,2-5,8H2,1H3. The maximum absolute atomic E-state index is 13.2. The molecule has 0 heterocycles. The number of aryl methyl sites for hydroxylation is 1. The fourth-order valence-corrected chi connectivity index (χ4v) is 2.37. The van der Waals surface area contributed by atoms with Crippen molar-refractivity contribution in [3.05, 3.63) is 46.8 Å². The first-order valence-electron chi connectivity index (χ1n) is 6.28. The van der Waals surface area contributed by atoms with E-state index < -0.39 is 0 Å². The van der Waals surface area contributed by atoms with Crippen LogP contribution in [0.5, 0.6) is 0 Å². The molecule has 2 heteroatoms. The molecule has 1 aromatic carbocycles. The molecule has 0 saturated heterocycles. The van der Waals surface area contributed by atoms with Gasteiger partial charge in [-0.1, -0.05) is 24.1 Å². The summed E-state index contributed by atoms with van der Waals surface area (Å²) in [6.45, 7) is 2.00. The second-order valence-electron chi connectivity index (χ2n) is 4.89. The third-order valence-corrected chi connectivity index (χ3v) is 3.40. The Hall–Kier alpha value is -1.15. The van der Waals surface area contributed by atoms with Crippen LogP contribution in [0.15, 0.2) is 29.8 Å². The van der Waals surface area contributed by atoms with E-state index in [1.165, 1.54) is 11.6 Å². The molecule has 0 aromatic heterocycles. The topological polar surface area (TPSA) is 20.2 Å². The smallest absolute Gasteiger partial charge is 0.123 e. The minimum Gasteiger partial charge on any atom is -0.389 e. The predicted molar refractivity (Wildman–Crippen MR) is 67.4 cm³/mol. The molecule has 2 rings (SSSR count). The van der Waals surface area contributed by atoms with Crippen molar-refractivity contribution in [2.75, 3.05) is 0 Å². The van der Waals surface area contributed by atoms with Gasteiger partial charge in [0, 0.05) is 0 Å². The summed E-state index contributed by atoms with van der Waals surface area (Å²) in [6.07, 6.45) is 6.47. The largest absolute Gasteiger partial charge is 0.389 e. The molecule has 1 atom stereocenters. The third kappa shape index (κ3) is 3.40. The van der Waals surface area contributed by atoms with Crippen molar-refractivity contribution in [3.63, 3.8) is 0 Å². The van der Waals surface area contributed by atoms with Crippen molar-refractivity contribution in [1.82, 2.24) is 0 Å². The Morgan fingerprint density at radius 3 is 3.00 bits per heavy atom. The van der Waals surface area contributed by atoms with Crippen LogP contribution in [0.1, 0.15) is 36.8 Å². The second kappa shape index (κ2) is 5.46. The van der Waals surface area contributed by atoms with Crippen LogP contribution < -0.4 is 0 Å². The summed E-state index contributed by atoms with van der Waals surface area (Å²) in [7, 11) is 0. The van der Waals surface area contributed by atoms with Crippen molar-refractivity contribution in [2.24, 2.45) is 0 Å². The number of aliphatic hydroxyl groups excluding tert-OH is 1. The molecular weight excluding hydrogens is 215 g/mol. The van der Waals surface area contributed by atoms with Crippen molar-refractivity contribution < 1.29 is 9.50 Å². The van der Waals surface area contributed by atoms with E-state index in [0.717, 1.165) is 43.2 Å². The average Bonchev–Trinajstić information content (AvgIpc) is 2.48. The Balaban J connectivity index is 2.16. The first kappa shape index (κ1) is 12.3. The molecular formula is C15H19FO. The van der Waals surface area contributed by atoms with Gasteiger partial charge >= 0.3 is 0 Å². The molecule has 0 saturated carbocycles. The van der Waals surface area contributed by atoms with E-state index in [9.17, 15) is 9.50 Å². The summed E-state index contributed by atoms with van der Waals surface area (Å²) in [5.74, 6) is -0.180. The van der Waals surface area contributed by atoms with Gasteiger partial charge in [0.2, 0.25) is 0 Å². The Bertz CT molecular complexity index is 423. The van der Waals surface area contributed by atoms with Gasteiger partial charge in [0.15, 0.2) is 0 Å². The molecule has 1 unspecified atom stereocenters. The first-order valence-corrected chi connectivity index (χ1v) is 6.28. The molecule has 0 aliphatic heterocycles. The summed E-state index contributed by atoms with van der Waals surface area (Å²) >= 11 is 0. The van der Waals surface area contributed by atoms with Gasteiger partial charge in [0.1, 0.15) is 5.82 Å². The Kier molecular flexibility index (Phi) is 3.95. The van der Waals surface area contributed by atoms with Crippen LogP contribution >= 0.6 is 0 Å². The predicted octanol–water partition coefficient (Wildman–Crippen LogP) is 3.54. The number of allylic oxidation sites excluding steroid dienone is 1. The highest BCUT2D eigenvalue weighted by Gasteiger charge is 2.11. The normalized spacial score (nSPS) is 20.9. The van der Waals surface area contributed by atoms with E-state index in [4.69, 9.17) is 0 Å². The highest BCUT2D eigenvalue weighted by atomic mass is 19.1. The van der Waals surface area contributed by atoms with Crippen LogP contribution in [0.3, 0.4) is 0 Å². The molecule has 0 fully saturated rings. The Labute approximate surface area is 102 Å². The molecule has 17 heavy (non-hydrogen) atoms. The number of hydrogen-bond donors (Lipinski definition) is 1. The molecule has 0 radical (unpaired) electrons. The van der Waals surface area contributed by atoms with Gasteiger partial charge in [0.25, 0.3) is 0 Å². The zero-order valence-electron chi connectivity index (χ0n) is 10.2. The maximum atomic E-state index is 13.2. The van der Waals surface area contributed by atoms with Gasteiger partial charge in [-0.25, -0.2) is 4.39 Å². The Morgan fingerprint density at radius 1 is 1.35 bits per heavy atom. The van der Waals surface area contributed by atoms with Gasteiger partial charge in [0.05, 0.1) is 6.10 Å². The average molecular weight is 234 g/mol. The molecule has 0 spiro atoms. The van der Waals surface area contributed by atoms with Crippen molar-refractivity contribution in [2.45, 2.75) is 45.1 Å². The summed E-state index contributed by atoms with van der Waals surface area (Å²) in [5, 5.41) is 9.71. The molecule has 1 nitrogen and oxygen atoms in total. The first-order chi connectivity index (χ1) is 8.15. The van der Waals surface area contributed by atoms with Crippen molar-refractivity contribution >= 4 is 0 Å². The number of aliphatic hydroxyl groups is 1. The highest BCUT2D eigenvalue weighted by molar-refractivity contribution is 5.31. The van der Waals surface area contributed by atoms with Gasteiger partial charge in [-0.05, 0) is 55.9 Å². The van der Waals surface area contributed by atoms with Crippen LogP contribution in [-0.2, 0) is 6.42 Å². The molecule has 1 aliphatic carbocycles. The highest BCUT2D eigenvalue weighted by Crippen LogP contribution is 2.23. The maximum Gasteiger partial charge on any atom is 0.123 e. The van der Waals surface area contributed by atoms with Crippen molar-refractivity contribution in [3.8, 4) is 0 Å². The number of benzene rings is 1. The van der Waals surface area contributed by atoms with Gasteiger partial charge < -0.3 is 5.11 Å². The summed E-state index contributed by atoms with van der Waals surface area (Å²) in [4.78, 5) is 0. The third-order valence-electron chi connectivity index (χ3n) is 3.40. The van der Waals surface area contributed by atoms with E-state index in [1.54, 1.807) is 6.07 Å². The fraction of sp³-hybridized carbons (Fsp3) is 0.467. The van der Waals surface area contributed by atoms with Crippen molar-refractivity contribution in [1.29, 1.82) is 0 Å². The van der Waals surface area contributed by atoms with Gasteiger partial charge in [-0.2, -0.15) is 0 Å². The van der Waals surface area contributed by atoms with Crippen LogP contribution in [-0.4, -0.2) is 11.2 Å². The molecule has 0 amide bonds. The summed E-state index contributed by atoms with van der Waals surface area (Å²) in [6, 6.07) is 4.92. The van der Waals surface area contributed by atoms with Crippen LogP contribution in [0.2, 0.25) is 0 Å². The quantitative estimate of drug-likeness (QED) is 0.776. The fourth-order valence-electron chi connectivity index (χ4n) is 2.37. The molecule has 1 N–H and O–H groups in total. The second-order valence-corrected chi connectivity index (χ2v) is 4.89. The molecule has 1 aliphatic rings. The van der Waals surface area contributed by atoms with Crippen LogP contribution in [0, 0.1) is 12.7 Å². The summed E-state index contributed by atoms with van der Waals surface area (Å²) < 4.78 is 13.2. The molecule has 92 valence electrons. The molecule has 1 aromatic rings. The number of halogens is 1. The summed E-state index contributed by atoms with van der Waals surface area (Å²) in [5.41, 5.74) is 3.39. The zero-order chi connectivity index (χ0) is 12.3. The van der Waals surface area contributed by atoms with E-state index in [-0.39, 0.29) is 11.9 Å². The zero-order valence-corrected chi connectivity index (χ0v) is 10.2. The Morgan fingerprint density at radius 2 is 2.18 bits per heavy atom. The van der Waals surface area contributed by atoms with Gasteiger partial charge in [-0.3, -0.25) is 0 Å². The van der Waals surface area contributed by atoms with E-state index in [0.29, 0.717) is 0 Å². The lowest BCUT2D eigenvalue weighted by Crippen LogP contribution is -2.02. The minimum absolute atomic E-state index is 0.180. The van der Waals surface area contributed by atoms with E-state index >= 15 is 0 Å². The number of rotatable bonds is 2. The lowest BCUT2D eigenvalue weighted by molar-refractivity contribution is 0.211. The van der Waals surface area contributed by atoms with E-state index in [1.807, 2.05) is 19.1 Å². The van der Waals surface area contributed by atoms with Crippen LogP contribution in [0.4, 0.5) is 4.39 Å². The van der Waals surface area contributed by atoms with E-state index in [2.05, 4.69) is 0 Å². The van der Waals surface area contributed by atoms with Crippen LogP contribution in [0.25, 0.3) is 0 Å². The minimum atomic E-state index is -0.318. The number of hydrogen-bond acceptors (Lipinski definition) is 1. The lowest BCUT2D eigenvalue weighted by Gasteiger charge is -2.09. The lowest BCUT2D eigenvalue weighted by atomic mass is 9.97. The SMILES string of the molecule is Cc1ccc(F)cc1CC1=CC(O)CCCC1. The van der Waals surface area contributed by atoms with Gasteiger partial charge in [-0.15, -0.1) is 0 Å². The molecule has 0 bridgehead atoms. The monoisotopic (exact) mass is 234 g/mol.